The number of cyclic esters (lactones) is 1. The third kappa shape index (κ3) is 3.20. The SMILES string of the molecule is O=C(Nc1cccc(CN2CCOC2=O)c1)c1cnccn1. The number of ether oxygens (including phenoxy) is 1. The van der Waals surface area contributed by atoms with E-state index in [1.807, 2.05) is 18.2 Å². The molecule has 0 radical (unpaired) electrons. The normalized spacial score (nSPS) is 13.8. The zero-order valence-electron chi connectivity index (χ0n) is 11.7. The first-order valence-corrected chi connectivity index (χ1v) is 6.80. The maximum atomic E-state index is 12.0. The van der Waals surface area contributed by atoms with Crippen molar-refractivity contribution in [2.24, 2.45) is 0 Å². The van der Waals surface area contributed by atoms with Gasteiger partial charge in [0.1, 0.15) is 12.3 Å². The first-order chi connectivity index (χ1) is 10.7. The Bertz CT molecular complexity index is 690. The number of anilines is 1. The second-order valence-corrected chi connectivity index (χ2v) is 4.78. The average Bonchev–Trinajstić information content (AvgIpc) is 2.94. The van der Waals surface area contributed by atoms with Gasteiger partial charge in [-0.15, -0.1) is 0 Å². The van der Waals surface area contributed by atoms with Crippen LogP contribution in [-0.2, 0) is 11.3 Å². The number of aromatic nitrogens is 2. The predicted molar refractivity (Wildman–Crippen MR) is 78.2 cm³/mol. The molecule has 3 rings (SSSR count). The molecule has 0 spiro atoms. The standard InChI is InChI=1S/C15H14N4O3/c20-14(13-9-16-4-5-17-13)18-12-3-1-2-11(8-12)10-19-6-7-22-15(19)21/h1-5,8-9H,6-7,10H2,(H,18,20). The second-order valence-electron chi connectivity index (χ2n) is 4.78. The third-order valence-corrected chi connectivity index (χ3v) is 3.20. The molecule has 1 aliphatic heterocycles. The van der Waals surface area contributed by atoms with Crippen molar-refractivity contribution in [3.05, 3.63) is 54.1 Å². The summed E-state index contributed by atoms with van der Waals surface area (Å²) in [5, 5.41) is 2.76. The summed E-state index contributed by atoms with van der Waals surface area (Å²) in [6, 6.07) is 7.31. The first kappa shape index (κ1) is 14.0. The molecule has 7 nitrogen and oxygen atoms in total. The van der Waals surface area contributed by atoms with Crippen LogP contribution in [0.1, 0.15) is 16.1 Å². The molecule has 2 amide bonds. The summed E-state index contributed by atoms with van der Waals surface area (Å²) in [4.78, 5) is 32.9. The van der Waals surface area contributed by atoms with Crippen molar-refractivity contribution in [3.8, 4) is 0 Å². The lowest BCUT2D eigenvalue weighted by atomic mass is 10.2. The molecule has 0 unspecified atom stereocenters. The molecule has 112 valence electrons. The van der Waals surface area contributed by atoms with Crippen molar-refractivity contribution in [1.82, 2.24) is 14.9 Å². The highest BCUT2D eigenvalue weighted by atomic mass is 16.6. The smallest absolute Gasteiger partial charge is 0.410 e. The summed E-state index contributed by atoms with van der Waals surface area (Å²) < 4.78 is 4.89. The number of nitrogens with zero attached hydrogens (tertiary/aromatic N) is 3. The van der Waals surface area contributed by atoms with E-state index in [0.29, 0.717) is 25.4 Å². The molecule has 1 aromatic heterocycles. The Balaban J connectivity index is 1.68. The first-order valence-electron chi connectivity index (χ1n) is 6.80. The van der Waals surface area contributed by atoms with E-state index in [0.717, 1.165) is 5.56 Å². The van der Waals surface area contributed by atoms with Gasteiger partial charge in [0, 0.05) is 24.6 Å². The molecule has 1 fully saturated rings. The number of benzene rings is 1. The Morgan fingerprint density at radius 3 is 3.00 bits per heavy atom. The molecule has 0 saturated carbocycles. The Labute approximate surface area is 126 Å². The molecule has 2 aromatic rings. The fourth-order valence-electron chi connectivity index (χ4n) is 2.15. The average molecular weight is 298 g/mol. The van der Waals surface area contributed by atoms with Crippen LogP contribution in [0.5, 0.6) is 0 Å². The Morgan fingerprint density at radius 1 is 1.36 bits per heavy atom. The lowest BCUT2D eigenvalue weighted by Crippen LogP contribution is -2.23. The lowest BCUT2D eigenvalue weighted by molar-refractivity contribution is 0.102. The van der Waals surface area contributed by atoms with Gasteiger partial charge in [0.15, 0.2) is 0 Å². The topological polar surface area (TPSA) is 84.4 Å². The van der Waals surface area contributed by atoms with Crippen molar-refractivity contribution in [3.63, 3.8) is 0 Å². The van der Waals surface area contributed by atoms with Gasteiger partial charge < -0.3 is 15.0 Å². The van der Waals surface area contributed by atoms with Gasteiger partial charge in [0.2, 0.25) is 0 Å². The monoisotopic (exact) mass is 298 g/mol. The van der Waals surface area contributed by atoms with E-state index in [-0.39, 0.29) is 17.7 Å². The van der Waals surface area contributed by atoms with Gasteiger partial charge in [-0.2, -0.15) is 0 Å². The maximum Gasteiger partial charge on any atom is 0.410 e. The number of rotatable bonds is 4. The van der Waals surface area contributed by atoms with E-state index in [4.69, 9.17) is 4.74 Å². The van der Waals surface area contributed by atoms with E-state index in [1.165, 1.54) is 18.6 Å². The van der Waals surface area contributed by atoms with E-state index in [2.05, 4.69) is 15.3 Å². The van der Waals surface area contributed by atoms with Crippen molar-refractivity contribution in [2.75, 3.05) is 18.5 Å². The molecule has 22 heavy (non-hydrogen) atoms. The highest BCUT2D eigenvalue weighted by Crippen LogP contribution is 2.15. The molecular formula is C15H14N4O3. The Hall–Kier alpha value is -2.96. The minimum atomic E-state index is -0.328. The van der Waals surface area contributed by atoms with Gasteiger partial charge in [-0.05, 0) is 17.7 Å². The number of carbonyl (C=O) groups excluding carboxylic acids is 2. The van der Waals surface area contributed by atoms with Crippen LogP contribution in [0.4, 0.5) is 10.5 Å². The van der Waals surface area contributed by atoms with Crippen LogP contribution in [0.25, 0.3) is 0 Å². The summed E-state index contributed by atoms with van der Waals surface area (Å²) in [6.07, 6.45) is 4.06. The predicted octanol–water partition coefficient (Wildman–Crippen LogP) is 1.68. The number of hydrogen-bond donors (Lipinski definition) is 1. The van der Waals surface area contributed by atoms with Crippen LogP contribution < -0.4 is 5.32 Å². The minimum Gasteiger partial charge on any atom is -0.448 e. The molecule has 7 heteroatoms. The molecule has 1 aliphatic rings. The summed E-state index contributed by atoms with van der Waals surface area (Å²) in [5.41, 5.74) is 1.80. The molecule has 0 aliphatic carbocycles. The van der Waals surface area contributed by atoms with Gasteiger partial charge in [-0.3, -0.25) is 9.78 Å². The van der Waals surface area contributed by atoms with Crippen LogP contribution in [0.15, 0.2) is 42.9 Å². The van der Waals surface area contributed by atoms with Crippen LogP contribution >= 0.6 is 0 Å². The Kier molecular flexibility index (Phi) is 3.95. The Morgan fingerprint density at radius 2 is 2.27 bits per heavy atom. The van der Waals surface area contributed by atoms with Crippen molar-refractivity contribution < 1.29 is 14.3 Å². The molecule has 1 N–H and O–H groups in total. The van der Waals surface area contributed by atoms with Gasteiger partial charge in [0.25, 0.3) is 5.91 Å². The summed E-state index contributed by atoms with van der Waals surface area (Å²) >= 11 is 0. The van der Waals surface area contributed by atoms with Crippen LogP contribution in [0.3, 0.4) is 0 Å². The highest BCUT2D eigenvalue weighted by molar-refractivity contribution is 6.02. The molecule has 0 atom stereocenters. The van der Waals surface area contributed by atoms with Gasteiger partial charge >= 0.3 is 6.09 Å². The molecule has 0 bridgehead atoms. The molecule has 2 heterocycles. The lowest BCUT2D eigenvalue weighted by Gasteiger charge is -2.13. The second kappa shape index (κ2) is 6.21. The number of carbonyl (C=O) groups is 2. The van der Waals surface area contributed by atoms with E-state index in [9.17, 15) is 9.59 Å². The third-order valence-electron chi connectivity index (χ3n) is 3.20. The fraction of sp³-hybridized carbons (Fsp3) is 0.200. The minimum absolute atomic E-state index is 0.246. The quantitative estimate of drug-likeness (QED) is 0.928. The van der Waals surface area contributed by atoms with Gasteiger partial charge in [-0.25, -0.2) is 9.78 Å². The number of nitrogens with one attached hydrogen (secondary N) is 1. The molecule has 1 aromatic carbocycles. The van der Waals surface area contributed by atoms with Crippen molar-refractivity contribution >= 4 is 17.7 Å². The molecular weight excluding hydrogens is 284 g/mol. The highest BCUT2D eigenvalue weighted by Gasteiger charge is 2.21. The zero-order chi connectivity index (χ0) is 15.4. The van der Waals surface area contributed by atoms with Gasteiger partial charge in [0.05, 0.1) is 12.7 Å². The fourth-order valence-corrected chi connectivity index (χ4v) is 2.15. The van der Waals surface area contributed by atoms with Gasteiger partial charge in [-0.1, -0.05) is 12.1 Å². The van der Waals surface area contributed by atoms with Crippen molar-refractivity contribution in [1.29, 1.82) is 0 Å². The van der Waals surface area contributed by atoms with Crippen molar-refractivity contribution in [2.45, 2.75) is 6.54 Å². The van der Waals surface area contributed by atoms with Crippen LogP contribution in [-0.4, -0.2) is 40.0 Å². The van der Waals surface area contributed by atoms with Crippen LogP contribution in [0, 0.1) is 0 Å². The zero-order valence-corrected chi connectivity index (χ0v) is 11.7. The van der Waals surface area contributed by atoms with E-state index in [1.54, 1.807) is 11.0 Å². The summed E-state index contributed by atoms with van der Waals surface area (Å²) in [6.45, 7) is 1.45. The van der Waals surface area contributed by atoms with E-state index < -0.39 is 0 Å². The number of hydrogen-bond acceptors (Lipinski definition) is 5. The molecule has 1 saturated heterocycles. The summed E-state index contributed by atoms with van der Waals surface area (Å²) in [7, 11) is 0. The van der Waals surface area contributed by atoms with Crippen LogP contribution in [0.2, 0.25) is 0 Å². The maximum absolute atomic E-state index is 12.0. The number of amides is 2. The summed E-state index contributed by atoms with van der Waals surface area (Å²) in [5.74, 6) is -0.328. The largest absolute Gasteiger partial charge is 0.448 e. The van der Waals surface area contributed by atoms with E-state index >= 15 is 0 Å².